The van der Waals surface area contributed by atoms with Crippen molar-refractivity contribution >= 4 is 16.7 Å². The van der Waals surface area contributed by atoms with E-state index in [4.69, 9.17) is 5.11 Å². The zero-order chi connectivity index (χ0) is 12.5. The molecule has 4 nitrogen and oxygen atoms in total. The summed E-state index contributed by atoms with van der Waals surface area (Å²) < 4.78 is 4.38. The normalized spacial score (nSPS) is 18.1. The number of hydrogen-bond donors (Lipinski definition) is 2. The fourth-order valence-corrected chi connectivity index (χ4v) is 2.50. The summed E-state index contributed by atoms with van der Waals surface area (Å²) in [5.74, 6) is 1.60. The van der Waals surface area contributed by atoms with Gasteiger partial charge in [0.1, 0.15) is 5.82 Å². The highest BCUT2D eigenvalue weighted by atomic mass is 32.1. The first-order valence-corrected chi connectivity index (χ1v) is 6.99. The van der Waals surface area contributed by atoms with Crippen molar-refractivity contribution in [1.82, 2.24) is 9.36 Å². The van der Waals surface area contributed by atoms with Crippen LogP contribution in [0.15, 0.2) is 0 Å². The Bertz CT molecular complexity index is 368. The predicted octanol–water partition coefficient (Wildman–Crippen LogP) is 2.62. The van der Waals surface area contributed by atoms with Crippen LogP contribution in [0.3, 0.4) is 0 Å². The van der Waals surface area contributed by atoms with Gasteiger partial charge in [0.2, 0.25) is 5.13 Å². The van der Waals surface area contributed by atoms with Crippen molar-refractivity contribution in [2.24, 2.45) is 5.41 Å². The first-order valence-electron chi connectivity index (χ1n) is 6.21. The second-order valence-corrected chi connectivity index (χ2v) is 6.56. The molecule has 0 amide bonds. The first kappa shape index (κ1) is 12.8. The van der Waals surface area contributed by atoms with Gasteiger partial charge in [-0.3, -0.25) is 0 Å². The Morgan fingerprint density at radius 1 is 1.47 bits per heavy atom. The van der Waals surface area contributed by atoms with Crippen molar-refractivity contribution in [3.8, 4) is 0 Å². The predicted molar refractivity (Wildman–Crippen MR) is 70.5 cm³/mol. The highest BCUT2D eigenvalue weighted by Gasteiger charge is 2.29. The standard InChI is InChI=1S/C12H21N3OS/c1-12(2,3)9(6-7-16)13-11-14-10(15-17-11)8-4-5-8/h8-9,16H,4-7H2,1-3H3,(H,13,14,15). The number of hydrogen-bond acceptors (Lipinski definition) is 5. The summed E-state index contributed by atoms with van der Waals surface area (Å²) >= 11 is 1.43. The van der Waals surface area contributed by atoms with Gasteiger partial charge in [-0.1, -0.05) is 20.8 Å². The lowest BCUT2D eigenvalue weighted by molar-refractivity contribution is 0.235. The van der Waals surface area contributed by atoms with E-state index in [1.54, 1.807) is 0 Å². The quantitative estimate of drug-likeness (QED) is 0.849. The van der Waals surface area contributed by atoms with Crippen molar-refractivity contribution in [3.05, 3.63) is 5.82 Å². The topological polar surface area (TPSA) is 58.0 Å². The Morgan fingerprint density at radius 2 is 2.18 bits per heavy atom. The summed E-state index contributed by atoms with van der Waals surface area (Å²) in [7, 11) is 0. The molecule has 1 saturated carbocycles. The van der Waals surface area contributed by atoms with Crippen LogP contribution in [0.5, 0.6) is 0 Å². The van der Waals surface area contributed by atoms with Gasteiger partial charge in [-0.05, 0) is 24.7 Å². The van der Waals surface area contributed by atoms with E-state index in [-0.39, 0.29) is 18.1 Å². The van der Waals surface area contributed by atoms with E-state index in [2.05, 4.69) is 35.4 Å². The molecular formula is C12H21N3OS. The smallest absolute Gasteiger partial charge is 0.202 e. The number of aliphatic hydroxyl groups is 1. The lowest BCUT2D eigenvalue weighted by Crippen LogP contribution is -2.34. The zero-order valence-electron chi connectivity index (χ0n) is 10.7. The number of rotatable bonds is 5. The van der Waals surface area contributed by atoms with Crippen LogP contribution in [0, 0.1) is 5.41 Å². The third-order valence-electron chi connectivity index (χ3n) is 3.15. The number of anilines is 1. The molecule has 17 heavy (non-hydrogen) atoms. The summed E-state index contributed by atoms with van der Waals surface area (Å²) in [4.78, 5) is 4.52. The third-order valence-corrected chi connectivity index (χ3v) is 3.81. The van der Waals surface area contributed by atoms with Gasteiger partial charge in [0, 0.05) is 30.1 Å². The summed E-state index contributed by atoms with van der Waals surface area (Å²) in [6.07, 6.45) is 3.20. The Morgan fingerprint density at radius 3 is 2.71 bits per heavy atom. The molecule has 1 unspecified atom stereocenters. The van der Waals surface area contributed by atoms with Gasteiger partial charge in [-0.15, -0.1) is 0 Å². The molecule has 2 rings (SSSR count). The average molecular weight is 255 g/mol. The fourth-order valence-electron chi connectivity index (χ4n) is 1.80. The van der Waals surface area contributed by atoms with Crippen LogP contribution in [-0.4, -0.2) is 27.1 Å². The van der Waals surface area contributed by atoms with Gasteiger partial charge >= 0.3 is 0 Å². The molecule has 96 valence electrons. The Kier molecular flexibility index (Phi) is 3.68. The van der Waals surface area contributed by atoms with Crippen LogP contribution >= 0.6 is 11.5 Å². The summed E-state index contributed by atoms with van der Waals surface area (Å²) in [5.41, 5.74) is 0.105. The summed E-state index contributed by atoms with van der Waals surface area (Å²) in [6, 6.07) is 0.229. The van der Waals surface area contributed by atoms with E-state index in [9.17, 15) is 0 Å². The zero-order valence-corrected chi connectivity index (χ0v) is 11.5. The monoisotopic (exact) mass is 255 g/mol. The summed E-state index contributed by atoms with van der Waals surface area (Å²) in [6.45, 7) is 6.71. The van der Waals surface area contributed by atoms with Crippen molar-refractivity contribution in [3.63, 3.8) is 0 Å². The number of nitrogens with zero attached hydrogens (tertiary/aromatic N) is 2. The molecule has 0 spiro atoms. The molecule has 1 aromatic rings. The molecule has 0 bridgehead atoms. The molecule has 1 aliphatic carbocycles. The van der Waals surface area contributed by atoms with Crippen molar-refractivity contribution in [1.29, 1.82) is 0 Å². The van der Waals surface area contributed by atoms with E-state index >= 15 is 0 Å². The van der Waals surface area contributed by atoms with Crippen LogP contribution in [0.4, 0.5) is 5.13 Å². The molecule has 5 heteroatoms. The number of aromatic nitrogens is 2. The SMILES string of the molecule is CC(C)(C)C(CCO)Nc1nc(C2CC2)ns1. The van der Waals surface area contributed by atoms with Gasteiger partial charge < -0.3 is 10.4 Å². The Hall–Kier alpha value is -0.680. The van der Waals surface area contributed by atoms with Gasteiger partial charge in [0.25, 0.3) is 0 Å². The minimum atomic E-state index is 0.105. The Labute approximate surface area is 107 Å². The molecule has 0 aromatic carbocycles. The molecule has 1 heterocycles. The second-order valence-electron chi connectivity index (χ2n) is 5.81. The maximum atomic E-state index is 9.11. The maximum absolute atomic E-state index is 9.11. The van der Waals surface area contributed by atoms with Gasteiger partial charge in [-0.2, -0.15) is 4.37 Å². The molecule has 1 aliphatic rings. The highest BCUT2D eigenvalue weighted by Crippen LogP contribution is 2.39. The van der Waals surface area contributed by atoms with Gasteiger partial charge in [-0.25, -0.2) is 4.98 Å². The molecule has 0 radical (unpaired) electrons. The fraction of sp³-hybridized carbons (Fsp3) is 0.833. The minimum Gasteiger partial charge on any atom is -0.396 e. The van der Waals surface area contributed by atoms with Crippen molar-refractivity contribution in [2.45, 2.75) is 52.0 Å². The second kappa shape index (κ2) is 4.90. The van der Waals surface area contributed by atoms with Crippen LogP contribution in [0.2, 0.25) is 0 Å². The maximum Gasteiger partial charge on any atom is 0.202 e. The first-order chi connectivity index (χ1) is 8.00. The van der Waals surface area contributed by atoms with Crippen LogP contribution < -0.4 is 5.32 Å². The molecule has 0 aliphatic heterocycles. The molecule has 1 aromatic heterocycles. The average Bonchev–Trinajstić information content (AvgIpc) is 2.98. The molecule has 0 saturated heterocycles. The van der Waals surface area contributed by atoms with Crippen LogP contribution in [0.25, 0.3) is 0 Å². The lowest BCUT2D eigenvalue weighted by Gasteiger charge is -2.30. The number of nitrogens with one attached hydrogen (secondary N) is 1. The van der Waals surface area contributed by atoms with E-state index < -0.39 is 0 Å². The van der Waals surface area contributed by atoms with Crippen LogP contribution in [-0.2, 0) is 0 Å². The van der Waals surface area contributed by atoms with Crippen molar-refractivity contribution in [2.75, 3.05) is 11.9 Å². The molecule has 2 N–H and O–H groups in total. The van der Waals surface area contributed by atoms with E-state index in [1.165, 1.54) is 24.4 Å². The van der Waals surface area contributed by atoms with E-state index in [1.807, 2.05) is 0 Å². The summed E-state index contributed by atoms with van der Waals surface area (Å²) in [5, 5.41) is 13.4. The lowest BCUT2D eigenvalue weighted by atomic mass is 9.85. The highest BCUT2D eigenvalue weighted by molar-refractivity contribution is 7.09. The van der Waals surface area contributed by atoms with Crippen molar-refractivity contribution < 1.29 is 5.11 Å². The van der Waals surface area contributed by atoms with E-state index in [0.717, 1.165) is 17.4 Å². The Balaban J connectivity index is 2.00. The van der Waals surface area contributed by atoms with Gasteiger partial charge in [0.15, 0.2) is 0 Å². The third kappa shape index (κ3) is 3.39. The molecular weight excluding hydrogens is 234 g/mol. The van der Waals surface area contributed by atoms with Crippen LogP contribution in [0.1, 0.15) is 51.8 Å². The minimum absolute atomic E-state index is 0.105. The van der Waals surface area contributed by atoms with Gasteiger partial charge in [0.05, 0.1) is 0 Å². The molecule has 1 fully saturated rings. The number of aliphatic hydroxyl groups excluding tert-OH is 1. The largest absolute Gasteiger partial charge is 0.396 e. The molecule has 1 atom stereocenters. The van der Waals surface area contributed by atoms with E-state index in [0.29, 0.717) is 5.92 Å².